The Morgan fingerprint density at radius 1 is 1.21 bits per heavy atom. The topological polar surface area (TPSA) is 58.8 Å². The lowest BCUT2D eigenvalue weighted by Gasteiger charge is -2.41. The third-order valence-corrected chi connectivity index (χ3v) is 6.98. The smallest absolute Gasteiger partial charge is 0.231 e. The van der Waals surface area contributed by atoms with Crippen molar-refractivity contribution in [1.82, 2.24) is 14.8 Å². The highest BCUT2D eigenvalue weighted by molar-refractivity contribution is 5.79. The second kappa shape index (κ2) is 7.73. The molecule has 6 nitrogen and oxygen atoms in total. The molecular weight excluding hydrogens is 366 g/mol. The van der Waals surface area contributed by atoms with Crippen molar-refractivity contribution >= 4 is 17.0 Å². The molecule has 156 valence electrons. The van der Waals surface area contributed by atoms with E-state index >= 15 is 0 Å². The summed E-state index contributed by atoms with van der Waals surface area (Å²) in [6, 6.07) is 8.11. The van der Waals surface area contributed by atoms with E-state index in [4.69, 9.17) is 9.15 Å². The molecule has 0 N–H and O–H groups in total. The van der Waals surface area contributed by atoms with Crippen molar-refractivity contribution in [1.29, 1.82) is 0 Å². The van der Waals surface area contributed by atoms with Crippen LogP contribution in [0.5, 0.6) is 0 Å². The summed E-state index contributed by atoms with van der Waals surface area (Å²) in [4.78, 5) is 21.8. The Kier molecular flexibility index (Phi) is 5.08. The molecule has 2 heterocycles. The molecule has 1 saturated heterocycles. The number of hydrogen-bond acceptors (Lipinski definition) is 5. The SMILES string of the molecule is CN(C)[C@@H]1C[C@@H]2CN(C(=O)Cc3nc4ccccc4o3)C[C@@H]2C[C@H]1OCC1CC1. The number of fused-ring (bicyclic) bond motifs is 2. The number of carbonyl (C=O) groups excluding carboxylic acids is 1. The average Bonchev–Trinajstić information content (AvgIpc) is 3.29. The second-order valence-corrected chi connectivity index (χ2v) is 9.39. The molecule has 5 rings (SSSR count). The fourth-order valence-electron chi connectivity index (χ4n) is 5.10. The molecule has 2 saturated carbocycles. The summed E-state index contributed by atoms with van der Waals surface area (Å²) >= 11 is 0. The van der Waals surface area contributed by atoms with Gasteiger partial charge in [-0.15, -0.1) is 0 Å². The van der Waals surface area contributed by atoms with Gasteiger partial charge in [-0.3, -0.25) is 4.79 Å². The van der Waals surface area contributed by atoms with Crippen molar-refractivity contribution in [2.75, 3.05) is 33.8 Å². The molecule has 1 aromatic carbocycles. The number of likely N-dealkylation sites (tertiary alicyclic amines) is 1. The lowest BCUT2D eigenvalue weighted by Crippen LogP contribution is -2.48. The normalized spacial score (nSPS) is 29.6. The largest absolute Gasteiger partial charge is 0.440 e. The van der Waals surface area contributed by atoms with Gasteiger partial charge >= 0.3 is 0 Å². The number of oxazole rings is 1. The monoisotopic (exact) mass is 397 g/mol. The van der Waals surface area contributed by atoms with E-state index in [1.54, 1.807) is 0 Å². The minimum atomic E-state index is 0.128. The molecule has 4 atom stereocenters. The molecule has 2 aliphatic carbocycles. The van der Waals surface area contributed by atoms with Gasteiger partial charge in [0.15, 0.2) is 5.58 Å². The zero-order chi connectivity index (χ0) is 20.0. The fraction of sp³-hybridized carbons (Fsp3) is 0.652. The van der Waals surface area contributed by atoms with E-state index in [1.807, 2.05) is 29.2 Å². The highest BCUT2D eigenvalue weighted by atomic mass is 16.5. The van der Waals surface area contributed by atoms with Gasteiger partial charge in [0.2, 0.25) is 11.8 Å². The third-order valence-electron chi connectivity index (χ3n) is 6.98. The van der Waals surface area contributed by atoms with Gasteiger partial charge in [-0.1, -0.05) is 12.1 Å². The Labute approximate surface area is 172 Å². The van der Waals surface area contributed by atoms with Gasteiger partial charge in [-0.2, -0.15) is 0 Å². The maximum Gasteiger partial charge on any atom is 0.231 e. The van der Waals surface area contributed by atoms with Crippen molar-refractivity contribution < 1.29 is 13.9 Å². The van der Waals surface area contributed by atoms with Gasteiger partial charge in [-0.25, -0.2) is 4.98 Å². The molecule has 1 aromatic heterocycles. The van der Waals surface area contributed by atoms with E-state index in [0.717, 1.165) is 49.6 Å². The summed E-state index contributed by atoms with van der Waals surface area (Å²) in [7, 11) is 4.31. The maximum absolute atomic E-state index is 12.9. The van der Waals surface area contributed by atoms with E-state index in [1.165, 1.54) is 12.8 Å². The average molecular weight is 398 g/mol. The van der Waals surface area contributed by atoms with Gasteiger partial charge in [0.25, 0.3) is 0 Å². The van der Waals surface area contributed by atoms with Gasteiger partial charge in [0, 0.05) is 25.7 Å². The van der Waals surface area contributed by atoms with Crippen LogP contribution in [0.2, 0.25) is 0 Å². The van der Waals surface area contributed by atoms with Crippen LogP contribution in [-0.4, -0.2) is 66.6 Å². The van der Waals surface area contributed by atoms with Crippen LogP contribution in [0.1, 0.15) is 31.6 Å². The predicted molar refractivity (Wildman–Crippen MR) is 110 cm³/mol. The molecule has 6 heteroatoms. The lowest BCUT2D eigenvalue weighted by atomic mass is 9.77. The van der Waals surface area contributed by atoms with Crippen molar-refractivity contribution in [3.8, 4) is 0 Å². The quantitative estimate of drug-likeness (QED) is 0.750. The molecule has 3 aliphatic rings. The fourth-order valence-corrected chi connectivity index (χ4v) is 5.10. The molecule has 1 amide bonds. The van der Waals surface area contributed by atoms with Gasteiger partial charge in [-0.05, 0) is 69.7 Å². The number of ether oxygens (including phenoxy) is 1. The third kappa shape index (κ3) is 4.05. The van der Waals surface area contributed by atoms with E-state index < -0.39 is 0 Å². The van der Waals surface area contributed by atoms with E-state index in [-0.39, 0.29) is 12.3 Å². The minimum Gasteiger partial charge on any atom is -0.440 e. The molecule has 0 bridgehead atoms. The number of likely N-dealkylation sites (N-methyl/N-ethyl adjacent to an activating group) is 1. The zero-order valence-electron chi connectivity index (χ0n) is 17.4. The van der Waals surface area contributed by atoms with Gasteiger partial charge in [0.05, 0.1) is 6.10 Å². The number of rotatable bonds is 6. The van der Waals surface area contributed by atoms with Crippen LogP contribution in [0.4, 0.5) is 0 Å². The Morgan fingerprint density at radius 2 is 1.97 bits per heavy atom. The van der Waals surface area contributed by atoms with Crippen molar-refractivity contribution in [3.63, 3.8) is 0 Å². The van der Waals surface area contributed by atoms with Crippen LogP contribution in [-0.2, 0) is 16.0 Å². The first-order valence-electron chi connectivity index (χ1n) is 11.0. The summed E-state index contributed by atoms with van der Waals surface area (Å²) in [6.07, 6.45) is 5.35. The highest BCUT2D eigenvalue weighted by Gasteiger charge is 2.44. The number of carbonyl (C=O) groups is 1. The van der Waals surface area contributed by atoms with E-state index in [9.17, 15) is 4.79 Å². The minimum absolute atomic E-state index is 0.128. The first-order chi connectivity index (χ1) is 14.1. The standard InChI is InChI=1S/C23H31N3O3/c1-25(2)19-9-16-12-26(13-17(16)10-21(19)28-14-15-7-8-15)23(27)11-22-24-18-5-3-4-6-20(18)29-22/h3-6,15-17,19,21H,7-14H2,1-2H3/t16-,17+,19-,21-/m1/s1. The number of hydrogen-bond donors (Lipinski definition) is 0. The summed E-state index contributed by atoms with van der Waals surface area (Å²) in [5.41, 5.74) is 1.56. The molecule has 0 spiro atoms. The highest BCUT2D eigenvalue weighted by Crippen LogP contribution is 2.40. The van der Waals surface area contributed by atoms with Crippen LogP contribution in [0.3, 0.4) is 0 Å². The van der Waals surface area contributed by atoms with Crippen molar-refractivity contribution in [2.24, 2.45) is 17.8 Å². The summed E-state index contributed by atoms with van der Waals surface area (Å²) in [5.74, 6) is 2.54. The van der Waals surface area contributed by atoms with Crippen LogP contribution in [0.15, 0.2) is 28.7 Å². The van der Waals surface area contributed by atoms with Crippen LogP contribution >= 0.6 is 0 Å². The number of nitrogens with zero attached hydrogens (tertiary/aromatic N) is 3. The van der Waals surface area contributed by atoms with Crippen LogP contribution < -0.4 is 0 Å². The van der Waals surface area contributed by atoms with Gasteiger partial charge < -0.3 is 19.0 Å². The Hall–Kier alpha value is -1.92. The Balaban J connectivity index is 1.22. The number of para-hydroxylation sites is 2. The summed E-state index contributed by atoms with van der Waals surface area (Å²) in [5, 5.41) is 0. The Morgan fingerprint density at radius 3 is 2.69 bits per heavy atom. The Bertz CT molecular complexity index is 842. The molecule has 0 radical (unpaired) electrons. The number of aromatic nitrogens is 1. The summed E-state index contributed by atoms with van der Waals surface area (Å²) < 4.78 is 12.1. The van der Waals surface area contributed by atoms with E-state index in [2.05, 4.69) is 24.0 Å². The molecule has 2 aromatic rings. The van der Waals surface area contributed by atoms with Gasteiger partial charge in [0.1, 0.15) is 11.9 Å². The lowest BCUT2D eigenvalue weighted by molar-refractivity contribution is -0.130. The number of benzene rings is 1. The van der Waals surface area contributed by atoms with Crippen LogP contribution in [0.25, 0.3) is 11.1 Å². The predicted octanol–water partition coefficient (Wildman–Crippen LogP) is 2.96. The molecular formula is C23H31N3O3. The number of amides is 1. The molecule has 1 aliphatic heterocycles. The first kappa shape index (κ1) is 19.1. The maximum atomic E-state index is 12.9. The molecule has 0 unspecified atom stereocenters. The molecule has 29 heavy (non-hydrogen) atoms. The first-order valence-corrected chi connectivity index (χ1v) is 11.0. The molecule has 3 fully saturated rings. The van der Waals surface area contributed by atoms with Crippen LogP contribution in [0, 0.1) is 17.8 Å². The summed E-state index contributed by atoms with van der Waals surface area (Å²) in [6.45, 7) is 2.60. The van der Waals surface area contributed by atoms with Crippen molar-refractivity contribution in [3.05, 3.63) is 30.2 Å². The second-order valence-electron chi connectivity index (χ2n) is 9.39. The zero-order valence-corrected chi connectivity index (χ0v) is 17.4. The van der Waals surface area contributed by atoms with E-state index in [0.29, 0.717) is 29.9 Å². The van der Waals surface area contributed by atoms with Crippen molar-refractivity contribution in [2.45, 2.75) is 44.2 Å².